The third kappa shape index (κ3) is 4.87. The second-order valence-corrected chi connectivity index (χ2v) is 6.83. The highest BCUT2D eigenvalue weighted by atomic mass is 16.5. The van der Waals surface area contributed by atoms with Crippen LogP contribution in [0.1, 0.15) is 40.8 Å². The van der Waals surface area contributed by atoms with Gasteiger partial charge < -0.3 is 15.0 Å². The Morgan fingerprint density at radius 3 is 2.38 bits per heavy atom. The Labute approximate surface area is 169 Å². The van der Waals surface area contributed by atoms with Crippen LogP contribution in [0.3, 0.4) is 0 Å². The van der Waals surface area contributed by atoms with Crippen LogP contribution in [0.15, 0.2) is 42.5 Å². The molecule has 2 heterocycles. The molecule has 3 rings (SSSR count). The van der Waals surface area contributed by atoms with Gasteiger partial charge in [0.2, 0.25) is 0 Å². The number of carbonyl (C=O) groups excluding carboxylic acids is 2. The number of aromatic nitrogens is 3. The SMILES string of the molecule is CCC(OC(=O)c1ccc(-c2nc(C)c(C)[nH]2)cc1)C(=O)Nc1cccc(C)n1. The van der Waals surface area contributed by atoms with E-state index in [2.05, 4.69) is 20.3 Å². The molecule has 7 heteroatoms. The third-order valence-corrected chi connectivity index (χ3v) is 4.57. The fourth-order valence-electron chi connectivity index (χ4n) is 2.79. The van der Waals surface area contributed by atoms with Crippen LogP contribution < -0.4 is 5.32 Å². The number of aromatic amines is 1. The van der Waals surface area contributed by atoms with Gasteiger partial charge in [0.1, 0.15) is 11.6 Å². The minimum absolute atomic E-state index is 0.354. The summed E-state index contributed by atoms with van der Waals surface area (Å²) in [6.45, 7) is 7.51. The number of nitrogens with one attached hydrogen (secondary N) is 2. The van der Waals surface area contributed by atoms with Gasteiger partial charge in [0.15, 0.2) is 6.10 Å². The number of pyridine rings is 1. The molecule has 1 atom stereocenters. The molecule has 29 heavy (non-hydrogen) atoms. The van der Waals surface area contributed by atoms with E-state index < -0.39 is 18.0 Å². The number of imidazole rings is 1. The van der Waals surface area contributed by atoms with Crippen molar-refractivity contribution in [3.8, 4) is 11.4 Å². The quantitative estimate of drug-likeness (QED) is 0.619. The summed E-state index contributed by atoms with van der Waals surface area (Å²) in [7, 11) is 0. The molecule has 7 nitrogen and oxygen atoms in total. The van der Waals surface area contributed by atoms with Gasteiger partial charge in [-0.05, 0) is 51.5 Å². The lowest BCUT2D eigenvalue weighted by atomic mass is 10.1. The van der Waals surface area contributed by atoms with Crippen molar-refractivity contribution in [2.45, 2.75) is 40.2 Å². The number of benzene rings is 1. The standard InChI is InChI=1S/C22H24N4O3/c1-5-18(21(27)26-19-8-6-7-13(2)23-19)29-22(28)17-11-9-16(10-12-17)20-24-14(3)15(4)25-20/h6-12,18H,5H2,1-4H3,(H,24,25)(H,23,26,27). The molecule has 0 fully saturated rings. The van der Waals surface area contributed by atoms with Crippen LogP contribution in [0.25, 0.3) is 11.4 Å². The first-order chi connectivity index (χ1) is 13.9. The molecule has 0 aliphatic heterocycles. The number of H-pyrrole nitrogens is 1. The minimum atomic E-state index is -0.903. The maximum absolute atomic E-state index is 12.5. The van der Waals surface area contributed by atoms with E-state index in [9.17, 15) is 9.59 Å². The van der Waals surface area contributed by atoms with Gasteiger partial charge in [-0.25, -0.2) is 14.8 Å². The Morgan fingerprint density at radius 2 is 1.79 bits per heavy atom. The van der Waals surface area contributed by atoms with E-state index in [1.807, 2.05) is 26.8 Å². The molecule has 3 aromatic rings. The first-order valence-corrected chi connectivity index (χ1v) is 9.46. The summed E-state index contributed by atoms with van der Waals surface area (Å²) in [6.07, 6.45) is -0.549. The molecular weight excluding hydrogens is 368 g/mol. The zero-order valence-corrected chi connectivity index (χ0v) is 16.9. The molecule has 1 aromatic carbocycles. The van der Waals surface area contributed by atoms with Gasteiger partial charge in [-0.1, -0.05) is 25.1 Å². The molecule has 0 aliphatic carbocycles. The molecule has 150 valence electrons. The number of hydrogen-bond donors (Lipinski definition) is 2. The number of hydrogen-bond acceptors (Lipinski definition) is 5. The fraction of sp³-hybridized carbons (Fsp3) is 0.273. The van der Waals surface area contributed by atoms with Crippen molar-refractivity contribution in [1.82, 2.24) is 15.0 Å². The van der Waals surface area contributed by atoms with Crippen molar-refractivity contribution in [1.29, 1.82) is 0 Å². The van der Waals surface area contributed by atoms with Crippen LogP contribution in [0, 0.1) is 20.8 Å². The smallest absolute Gasteiger partial charge is 0.338 e. The van der Waals surface area contributed by atoms with Gasteiger partial charge in [0, 0.05) is 17.0 Å². The van der Waals surface area contributed by atoms with Crippen LogP contribution in [0.5, 0.6) is 0 Å². The zero-order valence-electron chi connectivity index (χ0n) is 16.9. The molecule has 0 radical (unpaired) electrons. The van der Waals surface area contributed by atoms with Crippen molar-refractivity contribution >= 4 is 17.7 Å². The predicted octanol–water partition coefficient (Wildman–Crippen LogP) is 3.97. The number of anilines is 1. The lowest BCUT2D eigenvalue weighted by molar-refractivity contribution is -0.124. The van der Waals surface area contributed by atoms with E-state index in [0.717, 1.165) is 28.5 Å². The normalized spacial score (nSPS) is 11.7. The van der Waals surface area contributed by atoms with Gasteiger partial charge in [0.25, 0.3) is 5.91 Å². The average Bonchev–Trinajstić information content (AvgIpc) is 3.04. The number of rotatable bonds is 6. The summed E-state index contributed by atoms with van der Waals surface area (Å²) in [5.74, 6) is 0.217. The lowest BCUT2D eigenvalue weighted by Gasteiger charge is -2.16. The monoisotopic (exact) mass is 392 g/mol. The summed E-state index contributed by atoms with van der Waals surface area (Å²) in [5, 5.41) is 2.69. The molecule has 2 N–H and O–H groups in total. The van der Waals surface area contributed by atoms with Crippen molar-refractivity contribution in [2.24, 2.45) is 0 Å². The molecule has 0 spiro atoms. The van der Waals surface area contributed by atoms with E-state index in [4.69, 9.17) is 4.74 Å². The van der Waals surface area contributed by atoms with Crippen molar-refractivity contribution in [2.75, 3.05) is 5.32 Å². The van der Waals surface area contributed by atoms with E-state index in [1.165, 1.54) is 0 Å². The second kappa shape index (κ2) is 8.68. The van der Waals surface area contributed by atoms with Crippen LogP contribution in [0.2, 0.25) is 0 Å². The van der Waals surface area contributed by atoms with Crippen LogP contribution in [-0.2, 0) is 9.53 Å². The Kier molecular flexibility index (Phi) is 6.07. The van der Waals surface area contributed by atoms with Crippen LogP contribution >= 0.6 is 0 Å². The van der Waals surface area contributed by atoms with Crippen molar-refractivity contribution in [3.63, 3.8) is 0 Å². The molecular formula is C22H24N4O3. The fourth-order valence-corrected chi connectivity index (χ4v) is 2.79. The highest BCUT2D eigenvalue weighted by Gasteiger charge is 2.22. The molecule has 0 bridgehead atoms. The third-order valence-electron chi connectivity index (χ3n) is 4.57. The summed E-state index contributed by atoms with van der Waals surface area (Å²) in [6, 6.07) is 12.2. The van der Waals surface area contributed by atoms with E-state index >= 15 is 0 Å². The number of esters is 1. The Hall–Kier alpha value is -3.48. The number of carbonyl (C=O) groups is 2. The predicted molar refractivity (Wildman–Crippen MR) is 111 cm³/mol. The molecule has 0 aliphatic rings. The molecule has 0 saturated carbocycles. The molecule has 2 aromatic heterocycles. The van der Waals surface area contributed by atoms with Crippen molar-refractivity contribution < 1.29 is 14.3 Å². The van der Waals surface area contributed by atoms with Gasteiger partial charge in [-0.15, -0.1) is 0 Å². The molecule has 0 saturated heterocycles. The van der Waals surface area contributed by atoms with E-state index in [1.54, 1.807) is 43.3 Å². The highest BCUT2D eigenvalue weighted by molar-refractivity contribution is 5.97. The average molecular weight is 392 g/mol. The number of ether oxygens (including phenoxy) is 1. The first kappa shape index (κ1) is 20.3. The maximum atomic E-state index is 12.5. The van der Waals surface area contributed by atoms with Gasteiger partial charge in [-0.3, -0.25) is 4.79 Å². The molecule has 1 amide bonds. The van der Waals surface area contributed by atoms with Gasteiger partial charge in [-0.2, -0.15) is 0 Å². The Morgan fingerprint density at radius 1 is 1.07 bits per heavy atom. The van der Waals surface area contributed by atoms with Gasteiger partial charge >= 0.3 is 5.97 Å². The number of nitrogens with zero attached hydrogens (tertiary/aromatic N) is 2. The second-order valence-electron chi connectivity index (χ2n) is 6.83. The summed E-state index contributed by atoms with van der Waals surface area (Å²) in [5.41, 5.74) is 3.96. The first-order valence-electron chi connectivity index (χ1n) is 9.46. The number of amides is 1. The summed E-state index contributed by atoms with van der Waals surface area (Å²) >= 11 is 0. The lowest BCUT2D eigenvalue weighted by Crippen LogP contribution is -2.32. The minimum Gasteiger partial charge on any atom is -0.449 e. The van der Waals surface area contributed by atoms with E-state index in [0.29, 0.717) is 17.8 Å². The summed E-state index contributed by atoms with van der Waals surface area (Å²) in [4.78, 5) is 36.8. The Bertz CT molecular complexity index is 1010. The van der Waals surface area contributed by atoms with Crippen LogP contribution in [0.4, 0.5) is 5.82 Å². The van der Waals surface area contributed by atoms with Gasteiger partial charge in [0.05, 0.1) is 11.3 Å². The highest BCUT2D eigenvalue weighted by Crippen LogP contribution is 2.19. The van der Waals surface area contributed by atoms with Crippen LogP contribution in [-0.4, -0.2) is 32.9 Å². The number of aryl methyl sites for hydroxylation is 3. The summed E-state index contributed by atoms with van der Waals surface area (Å²) < 4.78 is 5.42. The topological polar surface area (TPSA) is 97.0 Å². The zero-order chi connectivity index (χ0) is 21.0. The Balaban J connectivity index is 1.66. The van der Waals surface area contributed by atoms with Crippen molar-refractivity contribution in [3.05, 3.63) is 65.1 Å². The van der Waals surface area contributed by atoms with E-state index in [-0.39, 0.29) is 0 Å². The molecule has 1 unspecified atom stereocenters. The maximum Gasteiger partial charge on any atom is 0.338 e. The largest absolute Gasteiger partial charge is 0.449 e.